The maximum absolute atomic E-state index is 6.07. The van der Waals surface area contributed by atoms with Crippen LogP contribution in [-0.2, 0) is 4.74 Å². The van der Waals surface area contributed by atoms with Crippen molar-refractivity contribution in [3.63, 3.8) is 0 Å². The van der Waals surface area contributed by atoms with Crippen LogP contribution in [0.3, 0.4) is 0 Å². The first kappa shape index (κ1) is 14.3. The number of hydrogen-bond donors (Lipinski definition) is 1. The van der Waals surface area contributed by atoms with Gasteiger partial charge in [-0.2, -0.15) is 0 Å². The quantitative estimate of drug-likeness (QED) is 0.662. The second-order valence-electron chi connectivity index (χ2n) is 5.91. The highest BCUT2D eigenvalue weighted by molar-refractivity contribution is 5.87. The summed E-state index contributed by atoms with van der Waals surface area (Å²) in [6.07, 6.45) is 4.49. The van der Waals surface area contributed by atoms with Crippen molar-refractivity contribution in [2.45, 2.75) is 32.8 Å². The van der Waals surface area contributed by atoms with Crippen LogP contribution in [-0.4, -0.2) is 53.7 Å². The lowest BCUT2D eigenvalue weighted by Crippen LogP contribution is -2.52. The van der Waals surface area contributed by atoms with Gasteiger partial charge in [-0.1, -0.05) is 0 Å². The van der Waals surface area contributed by atoms with Crippen LogP contribution in [0.1, 0.15) is 24.1 Å². The number of amidine groups is 1. The van der Waals surface area contributed by atoms with E-state index in [1.165, 1.54) is 25.9 Å². The van der Waals surface area contributed by atoms with Crippen LogP contribution in [0.2, 0.25) is 0 Å². The topological polar surface area (TPSA) is 62.6 Å². The van der Waals surface area contributed by atoms with E-state index >= 15 is 0 Å². The number of hydrogen-bond acceptors (Lipinski definition) is 5. The van der Waals surface area contributed by atoms with Crippen LogP contribution in [0.25, 0.3) is 0 Å². The Kier molecular flexibility index (Phi) is 4.05. The number of nitrogens with zero attached hydrogens (tertiary/aromatic N) is 4. The van der Waals surface area contributed by atoms with E-state index in [0.29, 0.717) is 17.9 Å². The molecule has 0 aliphatic carbocycles. The molecule has 6 nitrogen and oxygen atoms in total. The molecule has 0 aromatic carbocycles. The van der Waals surface area contributed by atoms with Crippen LogP contribution >= 0.6 is 0 Å². The van der Waals surface area contributed by atoms with Crippen LogP contribution in [0, 0.1) is 19.8 Å². The number of rotatable bonds is 2. The molecule has 6 heteroatoms. The van der Waals surface area contributed by atoms with Crippen molar-refractivity contribution in [1.82, 2.24) is 14.9 Å². The van der Waals surface area contributed by atoms with Gasteiger partial charge in [-0.05, 0) is 51.3 Å². The van der Waals surface area contributed by atoms with Crippen molar-refractivity contribution >= 4 is 12.0 Å². The molecule has 1 atom stereocenters. The SMILES string of the molecule is CN=C(Nc1ncc(C)c(C)n1)O[C@H]1CN2CCC1CC2. The summed E-state index contributed by atoms with van der Waals surface area (Å²) < 4.78 is 6.07. The average molecular weight is 289 g/mol. The van der Waals surface area contributed by atoms with E-state index in [4.69, 9.17) is 4.74 Å². The van der Waals surface area contributed by atoms with Crippen molar-refractivity contribution in [3.8, 4) is 0 Å². The molecule has 1 aromatic heterocycles. The molecule has 3 fully saturated rings. The van der Waals surface area contributed by atoms with Gasteiger partial charge in [0.15, 0.2) is 0 Å². The number of piperidine rings is 3. The first-order valence-electron chi connectivity index (χ1n) is 7.59. The van der Waals surface area contributed by atoms with Gasteiger partial charge in [-0.15, -0.1) is 0 Å². The van der Waals surface area contributed by atoms with E-state index in [9.17, 15) is 0 Å². The second-order valence-corrected chi connectivity index (χ2v) is 5.91. The predicted octanol–water partition coefficient (Wildman–Crippen LogP) is 1.60. The van der Waals surface area contributed by atoms with Crippen molar-refractivity contribution < 1.29 is 4.74 Å². The van der Waals surface area contributed by atoms with Crippen LogP contribution in [0.4, 0.5) is 5.95 Å². The van der Waals surface area contributed by atoms with Gasteiger partial charge in [0.05, 0.1) is 0 Å². The lowest BCUT2D eigenvalue weighted by atomic mass is 9.86. The van der Waals surface area contributed by atoms with Gasteiger partial charge >= 0.3 is 0 Å². The largest absolute Gasteiger partial charge is 0.460 e. The normalized spacial score (nSPS) is 28.5. The third kappa shape index (κ3) is 3.15. The van der Waals surface area contributed by atoms with Crippen molar-refractivity contribution in [2.24, 2.45) is 10.9 Å². The molecule has 0 spiro atoms. The Morgan fingerprint density at radius 3 is 2.71 bits per heavy atom. The molecular weight excluding hydrogens is 266 g/mol. The zero-order chi connectivity index (χ0) is 14.8. The molecule has 0 amide bonds. The third-order valence-electron chi connectivity index (χ3n) is 4.51. The minimum absolute atomic E-state index is 0.227. The fraction of sp³-hybridized carbons (Fsp3) is 0.667. The molecule has 2 bridgehead atoms. The van der Waals surface area contributed by atoms with E-state index in [0.717, 1.165) is 17.8 Å². The molecule has 4 heterocycles. The summed E-state index contributed by atoms with van der Waals surface area (Å²) in [6.45, 7) is 7.38. The molecule has 1 N–H and O–H groups in total. The summed E-state index contributed by atoms with van der Waals surface area (Å²) in [5.41, 5.74) is 2.04. The third-order valence-corrected chi connectivity index (χ3v) is 4.51. The zero-order valence-electron chi connectivity index (χ0n) is 13.0. The van der Waals surface area contributed by atoms with E-state index in [1.807, 2.05) is 20.0 Å². The van der Waals surface area contributed by atoms with Crippen LogP contribution in [0.5, 0.6) is 0 Å². The maximum atomic E-state index is 6.07. The molecule has 4 rings (SSSR count). The number of ether oxygens (including phenoxy) is 1. The molecule has 0 unspecified atom stereocenters. The Morgan fingerprint density at radius 2 is 2.14 bits per heavy atom. The molecule has 21 heavy (non-hydrogen) atoms. The summed E-state index contributed by atoms with van der Waals surface area (Å²) in [6, 6.07) is 0.511. The average Bonchev–Trinajstić information content (AvgIpc) is 2.51. The summed E-state index contributed by atoms with van der Waals surface area (Å²) in [5, 5.41) is 3.09. The van der Waals surface area contributed by atoms with Gasteiger partial charge < -0.3 is 4.74 Å². The van der Waals surface area contributed by atoms with E-state index in [-0.39, 0.29) is 6.10 Å². The lowest BCUT2D eigenvalue weighted by Gasteiger charge is -2.44. The summed E-state index contributed by atoms with van der Waals surface area (Å²) in [4.78, 5) is 15.3. The summed E-state index contributed by atoms with van der Waals surface area (Å²) in [7, 11) is 1.73. The highest BCUT2D eigenvalue weighted by Crippen LogP contribution is 2.29. The standard InChI is InChI=1S/C15H23N5O/c1-10-8-17-14(18-11(10)2)19-15(16-3)21-13-9-20-6-4-12(13)5-7-20/h8,12-13H,4-7,9H2,1-3H3,(H,16,17,18,19)/t13-/m0/s1. The fourth-order valence-electron chi connectivity index (χ4n) is 3.01. The first-order chi connectivity index (χ1) is 10.2. The van der Waals surface area contributed by atoms with Gasteiger partial charge in [0.2, 0.25) is 5.95 Å². The fourth-order valence-corrected chi connectivity index (χ4v) is 3.01. The van der Waals surface area contributed by atoms with Crippen molar-refractivity contribution in [1.29, 1.82) is 0 Å². The number of anilines is 1. The van der Waals surface area contributed by atoms with Gasteiger partial charge in [-0.25, -0.2) is 15.0 Å². The Morgan fingerprint density at radius 1 is 1.38 bits per heavy atom. The molecule has 1 aromatic rings. The minimum atomic E-state index is 0.227. The summed E-state index contributed by atoms with van der Waals surface area (Å²) in [5.74, 6) is 1.19. The number of aryl methyl sites for hydroxylation is 2. The molecule has 3 saturated heterocycles. The second kappa shape index (κ2) is 5.97. The lowest BCUT2D eigenvalue weighted by molar-refractivity contribution is -0.0147. The molecule has 0 radical (unpaired) electrons. The number of nitrogens with one attached hydrogen (secondary N) is 1. The van der Waals surface area contributed by atoms with E-state index in [2.05, 4.69) is 25.2 Å². The van der Waals surface area contributed by atoms with Gasteiger partial charge in [0, 0.05) is 25.5 Å². The van der Waals surface area contributed by atoms with Crippen LogP contribution < -0.4 is 5.32 Å². The van der Waals surface area contributed by atoms with Gasteiger partial charge in [0.1, 0.15) is 6.10 Å². The van der Waals surface area contributed by atoms with Gasteiger partial charge in [0.25, 0.3) is 6.02 Å². The molecule has 3 aliphatic heterocycles. The zero-order valence-corrected chi connectivity index (χ0v) is 13.0. The van der Waals surface area contributed by atoms with E-state index < -0.39 is 0 Å². The van der Waals surface area contributed by atoms with Gasteiger partial charge in [-0.3, -0.25) is 10.2 Å². The first-order valence-corrected chi connectivity index (χ1v) is 7.59. The summed E-state index contributed by atoms with van der Waals surface area (Å²) >= 11 is 0. The smallest absolute Gasteiger partial charge is 0.291 e. The van der Waals surface area contributed by atoms with Crippen molar-refractivity contribution in [2.75, 3.05) is 32.0 Å². The number of aliphatic imine (C=N–C) groups is 1. The maximum Gasteiger partial charge on any atom is 0.291 e. The van der Waals surface area contributed by atoms with E-state index in [1.54, 1.807) is 7.05 Å². The minimum Gasteiger partial charge on any atom is -0.460 e. The predicted molar refractivity (Wildman–Crippen MR) is 82.5 cm³/mol. The van der Waals surface area contributed by atoms with Crippen molar-refractivity contribution in [3.05, 3.63) is 17.5 Å². The monoisotopic (exact) mass is 289 g/mol. The Bertz CT molecular complexity index is 537. The Hall–Kier alpha value is -1.69. The molecule has 114 valence electrons. The highest BCUT2D eigenvalue weighted by atomic mass is 16.5. The number of aromatic nitrogens is 2. The number of fused-ring (bicyclic) bond motifs is 3. The van der Waals surface area contributed by atoms with Crippen LogP contribution in [0.15, 0.2) is 11.2 Å². The Labute approximate surface area is 125 Å². The molecular formula is C15H23N5O. The Balaban J connectivity index is 1.64. The molecule has 3 aliphatic rings. The highest BCUT2D eigenvalue weighted by Gasteiger charge is 2.36. The molecule has 0 saturated carbocycles.